The fourth-order valence-electron chi connectivity index (χ4n) is 3.59. The average Bonchev–Trinajstić information content (AvgIpc) is 3.28. The number of hydrogen-bond acceptors (Lipinski definition) is 7. The summed E-state index contributed by atoms with van der Waals surface area (Å²) >= 11 is 1.66. The maximum Gasteiger partial charge on any atom is 0.330 e. The molecule has 1 amide bonds. The van der Waals surface area contributed by atoms with Crippen LogP contribution in [0.3, 0.4) is 0 Å². The first-order valence-electron chi connectivity index (χ1n) is 10.1. The summed E-state index contributed by atoms with van der Waals surface area (Å²) in [7, 11) is 0. The molecule has 3 heterocycles. The Labute approximate surface area is 179 Å². The summed E-state index contributed by atoms with van der Waals surface area (Å²) in [5, 5.41) is 3.16. The van der Waals surface area contributed by atoms with Gasteiger partial charge in [0.25, 0.3) is 0 Å². The minimum atomic E-state index is -0.491. The Bertz CT molecular complexity index is 947. The zero-order chi connectivity index (χ0) is 20.9. The average molecular weight is 429 g/mol. The molecule has 1 fully saturated rings. The lowest BCUT2D eigenvalue weighted by molar-refractivity contribution is -0.137. The molecule has 2 aliphatic rings. The van der Waals surface area contributed by atoms with Crippen molar-refractivity contribution in [2.45, 2.75) is 25.7 Å². The van der Waals surface area contributed by atoms with Gasteiger partial charge in [0.2, 0.25) is 5.91 Å². The van der Waals surface area contributed by atoms with Gasteiger partial charge < -0.3 is 19.1 Å². The monoisotopic (exact) mass is 428 g/mol. The Kier molecular flexibility index (Phi) is 6.32. The van der Waals surface area contributed by atoms with E-state index in [0.29, 0.717) is 38.8 Å². The molecule has 1 aromatic heterocycles. The highest BCUT2D eigenvalue weighted by molar-refractivity contribution is 7.10. The number of carbonyl (C=O) groups is 2. The van der Waals surface area contributed by atoms with Crippen LogP contribution in [0, 0.1) is 0 Å². The van der Waals surface area contributed by atoms with E-state index in [1.807, 2.05) is 18.2 Å². The normalized spacial score (nSPS) is 16.6. The van der Waals surface area contributed by atoms with Crippen molar-refractivity contribution in [2.24, 2.45) is 0 Å². The number of piperidine rings is 1. The van der Waals surface area contributed by atoms with Crippen molar-refractivity contribution in [3.63, 3.8) is 0 Å². The Morgan fingerprint density at radius 3 is 2.73 bits per heavy atom. The van der Waals surface area contributed by atoms with Gasteiger partial charge in [0.15, 0.2) is 11.5 Å². The molecule has 4 rings (SSSR count). The molecule has 1 saturated heterocycles. The van der Waals surface area contributed by atoms with E-state index in [-0.39, 0.29) is 5.91 Å². The number of thiazole rings is 1. The molecule has 1 aromatic carbocycles. The Balaban J connectivity index is 1.35. The molecule has 0 unspecified atom stereocenters. The summed E-state index contributed by atoms with van der Waals surface area (Å²) in [6.07, 6.45) is 4.19. The highest BCUT2D eigenvalue weighted by Gasteiger charge is 2.25. The molecule has 30 heavy (non-hydrogen) atoms. The minimum Gasteiger partial charge on any atom is -0.486 e. The first-order valence-corrected chi connectivity index (χ1v) is 11.0. The summed E-state index contributed by atoms with van der Waals surface area (Å²) in [5.41, 5.74) is 1.95. The second-order valence-electron chi connectivity index (χ2n) is 7.11. The van der Waals surface area contributed by atoms with Crippen LogP contribution in [0.1, 0.15) is 30.7 Å². The van der Waals surface area contributed by atoms with Crippen molar-refractivity contribution < 1.29 is 23.8 Å². The molecule has 0 radical (unpaired) electrons. The molecule has 0 bridgehead atoms. The lowest BCUT2D eigenvalue weighted by Crippen LogP contribution is -2.37. The first-order chi connectivity index (χ1) is 14.6. The van der Waals surface area contributed by atoms with Crippen molar-refractivity contribution in [3.05, 3.63) is 40.7 Å². The number of aromatic nitrogens is 1. The van der Waals surface area contributed by atoms with Gasteiger partial charge in [-0.2, -0.15) is 0 Å². The van der Waals surface area contributed by atoms with Crippen LogP contribution in [0.2, 0.25) is 0 Å². The summed E-state index contributed by atoms with van der Waals surface area (Å²) in [6, 6.07) is 5.91. The third-order valence-corrected chi connectivity index (χ3v) is 6.17. The number of amides is 1. The van der Waals surface area contributed by atoms with Crippen LogP contribution >= 0.6 is 11.3 Å². The quantitative estimate of drug-likeness (QED) is 0.537. The maximum absolute atomic E-state index is 12.3. The summed E-state index contributed by atoms with van der Waals surface area (Å²) in [5.74, 6) is 1.22. The number of likely N-dealkylation sites (tertiary alicyclic amines) is 1. The van der Waals surface area contributed by atoms with E-state index in [1.165, 1.54) is 12.2 Å². The number of ether oxygens (including phenoxy) is 3. The van der Waals surface area contributed by atoms with Crippen LogP contribution in [0.15, 0.2) is 35.7 Å². The van der Waals surface area contributed by atoms with E-state index in [9.17, 15) is 9.59 Å². The van der Waals surface area contributed by atoms with Crippen molar-refractivity contribution in [2.75, 3.05) is 32.9 Å². The van der Waals surface area contributed by atoms with Gasteiger partial charge in [0, 0.05) is 42.1 Å². The van der Waals surface area contributed by atoms with Gasteiger partial charge in [-0.05, 0) is 38.0 Å². The molecule has 7 nitrogen and oxygen atoms in total. The molecular weight excluding hydrogens is 404 g/mol. The van der Waals surface area contributed by atoms with E-state index in [2.05, 4.69) is 5.38 Å². The predicted molar refractivity (Wildman–Crippen MR) is 113 cm³/mol. The second-order valence-corrected chi connectivity index (χ2v) is 8.00. The van der Waals surface area contributed by atoms with E-state index < -0.39 is 5.97 Å². The molecule has 0 aliphatic carbocycles. The van der Waals surface area contributed by atoms with Gasteiger partial charge in [0.05, 0.1) is 17.3 Å². The van der Waals surface area contributed by atoms with E-state index in [1.54, 1.807) is 23.2 Å². The maximum atomic E-state index is 12.3. The zero-order valence-electron chi connectivity index (χ0n) is 16.8. The van der Waals surface area contributed by atoms with Gasteiger partial charge in [-0.1, -0.05) is 0 Å². The molecule has 8 heteroatoms. The fourth-order valence-corrected chi connectivity index (χ4v) is 4.59. The lowest BCUT2D eigenvalue weighted by atomic mass is 9.97. The van der Waals surface area contributed by atoms with E-state index in [0.717, 1.165) is 40.6 Å². The molecule has 0 spiro atoms. The van der Waals surface area contributed by atoms with Crippen LogP contribution < -0.4 is 9.47 Å². The SMILES string of the molecule is CCOC(=O)/C=C/C(=O)N1CCC(c2nc(-c3ccc4c(c3)OCCO4)cs2)CC1. The second kappa shape index (κ2) is 9.30. The Morgan fingerprint density at radius 2 is 1.97 bits per heavy atom. The molecule has 158 valence electrons. The van der Waals surface area contributed by atoms with Crippen LogP contribution in [-0.2, 0) is 14.3 Å². The Morgan fingerprint density at radius 1 is 1.20 bits per heavy atom. The van der Waals surface area contributed by atoms with Crippen LogP contribution in [0.5, 0.6) is 11.5 Å². The van der Waals surface area contributed by atoms with Crippen molar-refractivity contribution >= 4 is 23.2 Å². The highest BCUT2D eigenvalue weighted by Crippen LogP contribution is 2.37. The summed E-state index contributed by atoms with van der Waals surface area (Å²) in [4.78, 5) is 30.2. The molecule has 2 aromatic rings. The number of esters is 1. The number of nitrogens with zero attached hydrogens (tertiary/aromatic N) is 2. The van der Waals surface area contributed by atoms with Crippen LogP contribution in [-0.4, -0.2) is 54.7 Å². The fraction of sp³-hybridized carbons (Fsp3) is 0.409. The van der Waals surface area contributed by atoms with E-state index >= 15 is 0 Å². The third kappa shape index (κ3) is 4.64. The summed E-state index contributed by atoms with van der Waals surface area (Å²) < 4.78 is 16.1. The lowest BCUT2D eigenvalue weighted by Gasteiger charge is -2.30. The molecule has 0 saturated carbocycles. The standard InChI is InChI=1S/C22H24N2O5S/c1-2-27-21(26)6-5-20(25)24-9-7-15(8-10-24)22-23-17(14-30-22)16-3-4-18-19(13-16)29-12-11-28-18/h3-6,13-15H,2,7-12H2,1H3/b6-5+. The van der Waals surface area contributed by atoms with Gasteiger partial charge in [-0.25, -0.2) is 9.78 Å². The smallest absolute Gasteiger partial charge is 0.330 e. The van der Waals surface area contributed by atoms with Crippen molar-refractivity contribution in [1.82, 2.24) is 9.88 Å². The third-order valence-electron chi connectivity index (χ3n) is 5.16. The van der Waals surface area contributed by atoms with E-state index in [4.69, 9.17) is 19.2 Å². The first kappa shape index (κ1) is 20.4. The van der Waals surface area contributed by atoms with Gasteiger partial charge in [-0.3, -0.25) is 4.79 Å². The number of carbonyl (C=O) groups excluding carboxylic acids is 2. The number of rotatable bonds is 5. The topological polar surface area (TPSA) is 78.0 Å². The van der Waals surface area contributed by atoms with Crippen molar-refractivity contribution in [1.29, 1.82) is 0 Å². The molecule has 0 atom stereocenters. The van der Waals surface area contributed by atoms with Gasteiger partial charge >= 0.3 is 5.97 Å². The van der Waals surface area contributed by atoms with Gasteiger partial charge in [-0.15, -0.1) is 11.3 Å². The van der Waals surface area contributed by atoms with Gasteiger partial charge in [0.1, 0.15) is 13.2 Å². The largest absolute Gasteiger partial charge is 0.486 e. The molecule has 2 aliphatic heterocycles. The molecular formula is C22H24N2O5S. The Hall–Kier alpha value is -2.87. The van der Waals surface area contributed by atoms with Crippen LogP contribution in [0.4, 0.5) is 0 Å². The predicted octanol–water partition coefficient (Wildman–Crippen LogP) is 3.41. The number of fused-ring (bicyclic) bond motifs is 1. The van der Waals surface area contributed by atoms with Crippen molar-refractivity contribution in [3.8, 4) is 22.8 Å². The minimum absolute atomic E-state index is 0.155. The number of hydrogen-bond donors (Lipinski definition) is 0. The van der Waals surface area contributed by atoms with Crippen LogP contribution in [0.25, 0.3) is 11.3 Å². The number of benzene rings is 1. The zero-order valence-corrected chi connectivity index (χ0v) is 17.7. The highest BCUT2D eigenvalue weighted by atomic mass is 32.1. The summed E-state index contributed by atoms with van der Waals surface area (Å²) in [6.45, 7) is 4.46. The molecule has 0 N–H and O–H groups in total.